The van der Waals surface area contributed by atoms with Gasteiger partial charge in [-0.3, -0.25) is 4.98 Å². The fourth-order valence-corrected chi connectivity index (χ4v) is 1.52. The van der Waals surface area contributed by atoms with Crippen LogP contribution in [-0.2, 0) is 6.54 Å². The first-order chi connectivity index (χ1) is 5.97. The molecular formula is C7H10ClNO3Si. The lowest BCUT2D eigenvalue weighted by atomic mass is 10.2. The average molecular weight is 220 g/mol. The number of halogens is 1. The van der Waals surface area contributed by atoms with Gasteiger partial charge in [0.1, 0.15) is 0 Å². The molecule has 13 heavy (non-hydrogen) atoms. The van der Waals surface area contributed by atoms with Crippen molar-refractivity contribution in [3.63, 3.8) is 0 Å². The Hall–Kier alpha value is -0.433. The van der Waals surface area contributed by atoms with Crippen LogP contribution in [0, 0.1) is 0 Å². The van der Waals surface area contributed by atoms with Crippen LogP contribution < -0.4 is 4.98 Å². The first-order valence-corrected chi connectivity index (χ1v) is 5.86. The van der Waals surface area contributed by atoms with Gasteiger partial charge in [0, 0.05) is 11.6 Å². The van der Waals surface area contributed by atoms with Crippen molar-refractivity contribution in [2.45, 2.75) is 6.54 Å². The largest absolute Gasteiger partial charge is 0.588 e. The van der Waals surface area contributed by atoms with E-state index in [1.165, 1.54) is 0 Å². The van der Waals surface area contributed by atoms with E-state index in [4.69, 9.17) is 26.0 Å². The van der Waals surface area contributed by atoms with E-state index in [2.05, 4.69) is 4.98 Å². The quantitative estimate of drug-likeness (QED) is 0.534. The Morgan fingerprint density at radius 3 is 2.54 bits per heavy atom. The predicted molar refractivity (Wildman–Crippen MR) is 50.7 cm³/mol. The molecule has 1 aromatic rings. The fraction of sp³-hybridized carbons (Fsp3) is 0.143. The summed E-state index contributed by atoms with van der Waals surface area (Å²) < 4.78 is 0. The lowest BCUT2D eigenvalue weighted by molar-refractivity contribution is 0.208. The minimum atomic E-state index is -4.15. The van der Waals surface area contributed by atoms with Crippen molar-refractivity contribution in [3.05, 3.63) is 34.9 Å². The van der Waals surface area contributed by atoms with Crippen LogP contribution >= 0.6 is 11.6 Å². The Labute approximate surface area is 81.9 Å². The molecule has 0 saturated heterocycles. The lowest BCUT2D eigenvalue weighted by Crippen LogP contribution is -2.51. The highest BCUT2D eigenvalue weighted by atomic mass is 35.5. The molecule has 4 nitrogen and oxygen atoms in total. The van der Waals surface area contributed by atoms with Crippen molar-refractivity contribution < 1.29 is 14.4 Å². The van der Waals surface area contributed by atoms with Gasteiger partial charge < -0.3 is 14.4 Å². The van der Waals surface area contributed by atoms with E-state index in [0.717, 1.165) is 5.56 Å². The summed E-state index contributed by atoms with van der Waals surface area (Å²) in [6.07, 6.45) is 0. The molecule has 0 heterocycles. The molecule has 0 amide bonds. The highest BCUT2D eigenvalue weighted by Crippen LogP contribution is 2.10. The molecule has 0 spiro atoms. The molecule has 0 unspecified atom stereocenters. The van der Waals surface area contributed by atoms with Crippen LogP contribution in [0.4, 0.5) is 0 Å². The summed E-state index contributed by atoms with van der Waals surface area (Å²) in [7, 11) is -4.15. The van der Waals surface area contributed by atoms with Gasteiger partial charge in [0.2, 0.25) is 0 Å². The normalized spacial score (nSPS) is 11.7. The van der Waals surface area contributed by atoms with Crippen LogP contribution in [0.3, 0.4) is 0 Å². The summed E-state index contributed by atoms with van der Waals surface area (Å²) in [4.78, 5) is 28.2. The Balaban J connectivity index is 2.55. The van der Waals surface area contributed by atoms with Gasteiger partial charge in [-0.25, -0.2) is 0 Å². The molecule has 1 rings (SSSR count). The smallest absolute Gasteiger partial charge is 0.377 e. The van der Waals surface area contributed by atoms with Crippen LogP contribution in [0.2, 0.25) is 5.02 Å². The molecule has 0 bridgehead atoms. The minimum absolute atomic E-state index is 0.177. The monoisotopic (exact) mass is 219 g/mol. The second-order valence-corrected chi connectivity index (χ2v) is 4.68. The fourth-order valence-electron chi connectivity index (χ4n) is 0.868. The van der Waals surface area contributed by atoms with Crippen molar-refractivity contribution in [2.75, 3.05) is 0 Å². The zero-order chi connectivity index (χ0) is 9.90. The van der Waals surface area contributed by atoms with Crippen molar-refractivity contribution >= 4 is 20.6 Å². The maximum Gasteiger partial charge on any atom is 0.588 e. The lowest BCUT2D eigenvalue weighted by Gasteiger charge is -2.10. The van der Waals surface area contributed by atoms with Crippen molar-refractivity contribution in [3.8, 4) is 0 Å². The molecule has 6 heteroatoms. The third kappa shape index (κ3) is 4.37. The van der Waals surface area contributed by atoms with Gasteiger partial charge >= 0.3 is 8.97 Å². The van der Waals surface area contributed by atoms with Crippen LogP contribution in [0.15, 0.2) is 24.3 Å². The molecule has 0 aromatic heterocycles. The van der Waals surface area contributed by atoms with Gasteiger partial charge in [0.15, 0.2) is 0 Å². The average Bonchev–Trinajstić information content (AvgIpc) is 2.00. The first-order valence-electron chi connectivity index (χ1n) is 3.64. The Bertz CT molecular complexity index is 289. The molecule has 0 atom stereocenters. The van der Waals surface area contributed by atoms with E-state index < -0.39 is 8.97 Å². The maximum atomic E-state index is 8.65. The zero-order valence-electron chi connectivity index (χ0n) is 6.74. The van der Waals surface area contributed by atoms with E-state index in [1.54, 1.807) is 24.3 Å². The minimum Gasteiger partial charge on any atom is -0.377 e. The molecule has 4 N–H and O–H groups in total. The number of rotatable bonds is 3. The van der Waals surface area contributed by atoms with Gasteiger partial charge in [0.25, 0.3) is 0 Å². The van der Waals surface area contributed by atoms with Crippen LogP contribution in [0.25, 0.3) is 0 Å². The molecule has 0 aliphatic heterocycles. The summed E-state index contributed by atoms with van der Waals surface area (Å²) >= 11 is 5.69. The van der Waals surface area contributed by atoms with Crippen LogP contribution in [-0.4, -0.2) is 23.4 Å². The van der Waals surface area contributed by atoms with E-state index >= 15 is 0 Å². The summed E-state index contributed by atoms with van der Waals surface area (Å²) in [5, 5.41) is 0.570. The van der Waals surface area contributed by atoms with Gasteiger partial charge in [-0.15, -0.1) is 0 Å². The maximum absolute atomic E-state index is 8.65. The third-order valence-corrected chi connectivity index (χ3v) is 2.30. The van der Waals surface area contributed by atoms with Gasteiger partial charge in [0.05, 0.1) is 0 Å². The SMILES string of the molecule is O[Si](O)(O)NCc1cccc(Cl)c1. The van der Waals surface area contributed by atoms with Crippen molar-refractivity contribution in [2.24, 2.45) is 0 Å². The number of hydrogen-bond donors (Lipinski definition) is 4. The number of nitrogens with one attached hydrogen (secondary N) is 1. The molecule has 72 valence electrons. The molecular weight excluding hydrogens is 210 g/mol. The Kier molecular flexibility index (Phi) is 3.43. The predicted octanol–water partition coefficient (Wildman–Crippen LogP) is -0.158. The summed E-state index contributed by atoms with van der Waals surface area (Å²) in [6, 6.07) is 6.90. The topological polar surface area (TPSA) is 72.7 Å². The highest BCUT2D eigenvalue weighted by Gasteiger charge is 2.26. The zero-order valence-corrected chi connectivity index (χ0v) is 8.49. The molecule has 0 aliphatic rings. The Morgan fingerprint density at radius 2 is 2.00 bits per heavy atom. The summed E-state index contributed by atoms with van der Waals surface area (Å²) in [5.41, 5.74) is 0.779. The standard InChI is InChI=1S/C7H10ClNO3Si/c8-7-3-1-2-6(4-7)5-9-13(10,11)12/h1-4,9-12H,5H2. The summed E-state index contributed by atoms with van der Waals surface area (Å²) in [5.74, 6) is 0. The third-order valence-electron chi connectivity index (χ3n) is 1.42. The highest BCUT2D eigenvalue weighted by molar-refractivity contribution is 6.53. The molecule has 1 aromatic carbocycles. The molecule has 0 saturated carbocycles. The van der Waals surface area contributed by atoms with Crippen molar-refractivity contribution in [1.29, 1.82) is 0 Å². The molecule has 0 fully saturated rings. The van der Waals surface area contributed by atoms with Gasteiger partial charge in [-0.05, 0) is 17.7 Å². The van der Waals surface area contributed by atoms with Gasteiger partial charge in [-0.1, -0.05) is 23.7 Å². The first kappa shape index (κ1) is 10.6. The van der Waals surface area contributed by atoms with Crippen LogP contribution in [0.1, 0.15) is 5.56 Å². The van der Waals surface area contributed by atoms with E-state index in [-0.39, 0.29) is 6.54 Å². The number of benzene rings is 1. The van der Waals surface area contributed by atoms with Crippen LogP contribution in [0.5, 0.6) is 0 Å². The second kappa shape index (κ2) is 4.19. The molecule has 0 radical (unpaired) electrons. The second-order valence-electron chi connectivity index (χ2n) is 2.62. The number of hydrogen-bond acceptors (Lipinski definition) is 4. The Morgan fingerprint density at radius 1 is 1.31 bits per heavy atom. The summed E-state index contributed by atoms with van der Waals surface area (Å²) in [6.45, 7) is 0.177. The molecule has 0 aliphatic carbocycles. The van der Waals surface area contributed by atoms with E-state index in [9.17, 15) is 0 Å². The van der Waals surface area contributed by atoms with Crippen molar-refractivity contribution in [1.82, 2.24) is 4.98 Å². The van der Waals surface area contributed by atoms with Gasteiger partial charge in [-0.2, -0.15) is 0 Å². The van der Waals surface area contributed by atoms with E-state index in [0.29, 0.717) is 5.02 Å². The van der Waals surface area contributed by atoms with E-state index in [1.807, 2.05) is 0 Å².